The van der Waals surface area contributed by atoms with Crippen molar-refractivity contribution >= 4 is 5.91 Å². The van der Waals surface area contributed by atoms with Gasteiger partial charge in [0.25, 0.3) is 5.91 Å². The fraction of sp³-hybridized carbons (Fsp3) is 0.391. The van der Waals surface area contributed by atoms with Crippen molar-refractivity contribution in [2.45, 2.75) is 27.3 Å². The van der Waals surface area contributed by atoms with E-state index in [1.807, 2.05) is 36.1 Å². The standard InChI is InChI=1S/C23H28N4O2/c1-17-5-4-6-20(15-17)22-21(24-16-29-22)23(28)26-12-9-25(10-13-26)11-14-27-18(2)7-8-19(27)3/h4-8,15-16H,9-14H2,1-3H3. The number of aromatic nitrogens is 2. The number of rotatable bonds is 5. The van der Waals surface area contributed by atoms with Crippen molar-refractivity contribution in [3.63, 3.8) is 0 Å². The molecule has 152 valence electrons. The molecule has 6 heteroatoms. The SMILES string of the molecule is Cc1cccc(-c2ocnc2C(=O)N2CCN(CCn3c(C)ccc3C)CC2)c1. The Labute approximate surface area is 171 Å². The van der Waals surface area contributed by atoms with Crippen molar-refractivity contribution in [1.29, 1.82) is 0 Å². The van der Waals surface area contributed by atoms with Crippen LogP contribution in [0.1, 0.15) is 27.4 Å². The smallest absolute Gasteiger partial charge is 0.276 e. The summed E-state index contributed by atoms with van der Waals surface area (Å²) in [7, 11) is 0. The monoisotopic (exact) mass is 392 g/mol. The second kappa shape index (κ2) is 8.25. The molecule has 1 fully saturated rings. The van der Waals surface area contributed by atoms with Gasteiger partial charge in [-0.3, -0.25) is 9.69 Å². The Kier molecular flexibility index (Phi) is 5.53. The number of nitrogens with zero attached hydrogens (tertiary/aromatic N) is 4. The third-order valence-electron chi connectivity index (χ3n) is 5.77. The minimum absolute atomic E-state index is 0.0491. The lowest BCUT2D eigenvalue weighted by atomic mass is 10.1. The van der Waals surface area contributed by atoms with Gasteiger partial charge in [0.15, 0.2) is 17.8 Å². The zero-order chi connectivity index (χ0) is 20.4. The minimum atomic E-state index is -0.0491. The molecule has 1 aromatic carbocycles. The highest BCUT2D eigenvalue weighted by Crippen LogP contribution is 2.25. The normalized spacial score (nSPS) is 15.1. The Morgan fingerprint density at radius 2 is 1.72 bits per heavy atom. The van der Waals surface area contributed by atoms with E-state index in [1.165, 1.54) is 17.8 Å². The maximum atomic E-state index is 13.1. The molecule has 0 radical (unpaired) electrons. The number of hydrogen-bond donors (Lipinski definition) is 0. The van der Waals surface area contributed by atoms with Gasteiger partial charge in [-0.05, 0) is 39.0 Å². The molecule has 3 heterocycles. The number of aryl methyl sites for hydroxylation is 3. The molecule has 2 aromatic heterocycles. The van der Waals surface area contributed by atoms with Gasteiger partial charge >= 0.3 is 0 Å². The zero-order valence-corrected chi connectivity index (χ0v) is 17.4. The van der Waals surface area contributed by atoms with Crippen LogP contribution in [0.2, 0.25) is 0 Å². The largest absolute Gasteiger partial charge is 0.443 e. The summed E-state index contributed by atoms with van der Waals surface area (Å²) in [5.74, 6) is 0.506. The number of benzene rings is 1. The number of oxazole rings is 1. The predicted octanol–water partition coefficient (Wildman–Crippen LogP) is 3.53. The first-order chi connectivity index (χ1) is 14.0. The van der Waals surface area contributed by atoms with Crippen molar-refractivity contribution in [2.75, 3.05) is 32.7 Å². The lowest BCUT2D eigenvalue weighted by Gasteiger charge is -2.34. The maximum Gasteiger partial charge on any atom is 0.276 e. The lowest BCUT2D eigenvalue weighted by molar-refractivity contribution is 0.0628. The molecule has 1 aliphatic rings. The highest BCUT2D eigenvalue weighted by molar-refractivity contribution is 5.97. The second-order valence-electron chi connectivity index (χ2n) is 7.80. The number of hydrogen-bond acceptors (Lipinski definition) is 4. The van der Waals surface area contributed by atoms with Crippen LogP contribution < -0.4 is 0 Å². The fourth-order valence-electron chi connectivity index (χ4n) is 4.01. The van der Waals surface area contributed by atoms with Gasteiger partial charge in [-0.25, -0.2) is 4.98 Å². The van der Waals surface area contributed by atoms with Crippen LogP contribution in [-0.2, 0) is 6.54 Å². The van der Waals surface area contributed by atoms with Gasteiger partial charge < -0.3 is 13.9 Å². The number of amides is 1. The van der Waals surface area contributed by atoms with E-state index in [4.69, 9.17) is 4.42 Å². The molecule has 1 amide bonds. The van der Waals surface area contributed by atoms with Crippen molar-refractivity contribution in [1.82, 2.24) is 19.4 Å². The Hall–Kier alpha value is -2.86. The maximum absolute atomic E-state index is 13.1. The van der Waals surface area contributed by atoms with Gasteiger partial charge in [-0.2, -0.15) is 0 Å². The molecule has 0 spiro atoms. The first-order valence-electron chi connectivity index (χ1n) is 10.2. The molecule has 0 bridgehead atoms. The number of piperazine rings is 1. The van der Waals surface area contributed by atoms with Crippen LogP contribution in [0.25, 0.3) is 11.3 Å². The minimum Gasteiger partial charge on any atom is -0.443 e. The van der Waals surface area contributed by atoms with Gasteiger partial charge in [-0.1, -0.05) is 23.8 Å². The molecule has 3 aromatic rings. The van der Waals surface area contributed by atoms with E-state index in [-0.39, 0.29) is 5.91 Å². The van der Waals surface area contributed by atoms with Crippen LogP contribution in [0.3, 0.4) is 0 Å². The molecule has 29 heavy (non-hydrogen) atoms. The average Bonchev–Trinajstić information content (AvgIpc) is 3.33. The molecule has 0 atom stereocenters. The van der Waals surface area contributed by atoms with Crippen LogP contribution in [0.5, 0.6) is 0 Å². The van der Waals surface area contributed by atoms with E-state index in [2.05, 4.69) is 40.4 Å². The highest BCUT2D eigenvalue weighted by Gasteiger charge is 2.27. The fourth-order valence-corrected chi connectivity index (χ4v) is 4.01. The Bertz CT molecular complexity index is 976. The van der Waals surface area contributed by atoms with Gasteiger partial charge in [0, 0.05) is 56.2 Å². The first-order valence-corrected chi connectivity index (χ1v) is 10.2. The van der Waals surface area contributed by atoms with Crippen LogP contribution >= 0.6 is 0 Å². The van der Waals surface area contributed by atoms with Gasteiger partial charge in [0.2, 0.25) is 0 Å². The van der Waals surface area contributed by atoms with E-state index in [9.17, 15) is 4.79 Å². The zero-order valence-electron chi connectivity index (χ0n) is 17.4. The molecule has 1 saturated heterocycles. The van der Waals surface area contributed by atoms with Crippen LogP contribution in [0.4, 0.5) is 0 Å². The molecule has 0 aliphatic carbocycles. The summed E-state index contributed by atoms with van der Waals surface area (Å²) in [5.41, 5.74) is 5.01. The summed E-state index contributed by atoms with van der Waals surface area (Å²) in [4.78, 5) is 21.6. The molecule has 4 rings (SSSR count). The number of carbonyl (C=O) groups excluding carboxylic acids is 1. The summed E-state index contributed by atoms with van der Waals surface area (Å²) in [6.45, 7) is 11.5. The predicted molar refractivity (Wildman–Crippen MR) is 113 cm³/mol. The van der Waals surface area contributed by atoms with E-state index < -0.39 is 0 Å². The average molecular weight is 393 g/mol. The third-order valence-corrected chi connectivity index (χ3v) is 5.77. The lowest BCUT2D eigenvalue weighted by Crippen LogP contribution is -2.49. The summed E-state index contributed by atoms with van der Waals surface area (Å²) in [5, 5.41) is 0. The third kappa shape index (κ3) is 4.12. The van der Waals surface area contributed by atoms with Crippen molar-refractivity contribution in [3.05, 3.63) is 65.4 Å². The summed E-state index contributed by atoms with van der Waals surface area (Å²) in [6, 6.07) is 12.3. The van der Waals surface area contributed by atoms with Crippen molar-refractivity contribution < 1.29 is 9.21 Å². The molecular weight excluding hydrogens is 364 g/mol. The van der Waals surface area contributed by atoms with Gasteiger partial charge in [-0.15, -0.1) is 0 Å². The number of carbonyl (C=O) groups is 1. The second-order valence-corrected chi connectivity index (χ2v) is 7.80. The Balaban J connectivity index is 1.37. The topological polar surface area (TPSA) is 54.5 Å². The molecule has 0 unspecified atom stereocenters. The van der Waals surface area contributed by atoms with E-state index >= 15 is 0 Å². The highest BCUT2D eigenvalue weighted by atomic mass is 16.3. The summed E-state index contributed by atoms with van der Waals surface area (Å²) < 4.78 is 7.92. The van der Waals surface area contributed by atoms with Gasteiger partial charge in [0.05, 0.1) is 0 Å². The summed E-state index contributed by atoms with van der Waals surface area (Å²) >= 11 is 0. The Morgan fingerprint density at radius 3 is 2.41 bits per heavy atom. The molecule has 0 saturated carbocycles. The van der Waals surface area contributed by atoms with Crippen molar-refractivity contribution in [3.8, 4) is 11.3 Å². The van der Waals surface area contributed by atoms with Crippen molar-refractivity contribution in [2.24, 2.45) is 0 Å². The van der Waals surface area contributed by atoms with E-state index in [0.717, 1.165) is 37.3 Å². The molecule has 6 nitrogen and oxygen atoms in total. The summed E-state index contributed by atoms with van der Waals surface area (Å²) in [6.07, 6.45) is 1.36. The molecule has 1 aliphatic heterocycles. The molecular formula is C23H28N4O2. The van der Waals surface area contributed by atoms with Crippen LogP contribution in [-0.4, -0.2) is 58.0 Å². The van der Waals surface area contributed by atoms with Crippen LogP contribution in [0.15, 0.2) is 47.2 Å². The Morgan fingerprint density at radius 1 is 1.00 bits per heavy atom. The van der Waals surface area contributed by atoms with Gasteiger partial charge in [0.1, 0.15) is 0 Å². The van der Waals surface area contributed by atoms with Crippen LogP contribution in [0, 0.1) is 20.8 Å². The quantitative estimate of drug-likeness (QED) is 0.667. The first kappa shape index (κ1) is 19.5. The van der Waals surface area contributed by atoms with E-state index in [0.29, 0.717) is 24.5 Å². The van der Waals surface area contributed by atoms with E-state index in [1.54, 1.807) is 0 Å². The molecule has 0 N–H and O–H groups in total.